The van der Waals surface area contributed by atoms with Crippen LogP contribution in [-0.2, 0) is 13.1 Å². The molecular weight excluding hydrogens is 235 g/mol. The summed E-state index contributed by atoms with van der Waals surface area (Å²) in [7, 11) is 2.00. The number of nitrogen functional groups attached to an aromatic ring is 1. The maximum atomic E-state index is 13.1. The van der Waals surface area contributed by atoms with Crippen LogP contribution in [0, 0.1) is 5.82 Å². The van der Waals surface area contributed by atoms with Gasteiger partial charge in [0.05, 0.1) is 0 Å². The van der Waals surface area contributed by atoms with Crippen LogP contribution in [0.5, 0.6) is 0 Å². The summed E-state index contributed by atoms with van der Waals surface area (Å²) in [5.74, 6) is -0.238. The maximum Gasteiger partial charge on any atom is 0.123 e. The minimum atomic E-state index is -0.238. The van der Waals surface area contributed by atoms with E-state index in [1.54, 1.807) is 17.4 Å². The van der Waals surface area contributed by atoms with Crippen LogP contribution >= 0.6 is 11.3 Å². The quantitative estimate of drug-likeness (QED) is 0.845. The summed E-state index contributed by atoms with van der Waals surface area (Å²) in [6.45, 7) is 1.50. The van der Waals surface area contributed by atoms with E-state index in [9.17, 15) is 4.39 Å². The summed E-state index contributed by atoms with van der Waals surface area (Å²) in [5, 5.41) is 4.17. The Morgan fingerprint density at radius 2 is 2.12 bits per heavy atom. The van der Waals surface area contributed by atoms with Gasteiger partial charge in [0.15, 0.2) is 0 Å². The highest BCUT2D eigenvalue weighted by atomic mass is 32.1. The minimum Gasteiger partial charge on any atom is -0.398 e. The van der Waals surface area contributed by atoms with Crippen LogP contribution < -0.4 is 5.73 Å². The van der Waals surface area contributed by atoms with Crippen molar-refractivity contribution in [1.29, 1.82) is 0 Å². The van der Waals surface area contributed by atoms with Crippen molar-refractivity contribution >= 4 is 17.0 Å². The van der Waals surface area contributed by atoms with Crippen LogP contribution in [0.1, 0.15) is 11.1 Å². The molecule has 0 aliphatic rings. The van der Waals surface area contributed by atoms with Crippen molar-refractivity contribution in [2.24, 2.45) is 0 Å². The van der Waals surface area contributed by atoms with Crippen LogP contribution in [0.25, 0.3) is 0 Å². The van der Waals surface area contributed by atoms with E-state index < -0.39 is 0 Å². The highest BCUT2D eigenvalue weighted by Crippen LogP contribution is 2.17. The van der Waals surface area contributed by atoms with Gasteiger partial charge in [0.1, 0.15) is 5.82 Å². The van der Waals surface area contributed by atoms with Gasteiger partial charge in [0.2, 0.25) is 0 Å². The molecule has 0 aliphatic carbocycles. The van der Waals surface area contributed by atoms with Crippen molar-refractivity contribution in [1.82, 2.24) is 4.90 Å². The monoisotopic (exact) mass is 250 g/mol. The summed E-state index contributed by atoms with van der Waals surface area (Å²) >= 11 is 1.68. The average Bonchev–Trinajstić information content (AvgIpc) is 2.76. The molecule has 2 nitrogen and oxygen atoms in total. The third-order valence-corrected chi connectivity index (χ3v) is 3.31. The van der Waals surface area contributed by atoms with E-state index in [1.165, 1.54) is 17.7 Å². The highest BCUT2D eigenvalue weighted by Gasteiger charge is 2.06. The lowest BCUT2D eigenvalue weighted by atomic mass is 10.1. The Labute approximate surface area is 104 Å². The van der Waals surface area contributed by atoms with Crippen molar-refractivity contribution in [3.05, 3.63) is 52.0 Å². The average molecular weight is 250 g/mol. The van der Waals surface area contributed by atoms with Gasteiger partial charge in [-0.3, -0.25) is 4.90 Å². The third-order valence-electron chi connectivity index (χ3n) is 2.58. The zero-order valence-corrected chi connectivity index (χ0v) is 10.5. The first kappa shape index (κ1) is 12.1. The Hall–Kier alpha value is -1.39. The highest BCUT2D eigenvalue weighted by molar-refractivity contribution is 7.07. The molecule has 2 N–H and O–H groups in total. The topological polar surface area (TPSA) is 29.3 Å². The normalized spacial score (nSPS) is 11.0. The lowest BCUT2D eigenvalue weighted by Gasteiger charge is -2.17. The molecule has 4 heteroatoms. The molecule has 0 spiro atoms. The van der Waals surface area contributed by atoms with Gasteiger partial charge >= 0.3 is 0 Å². The third kappa shape index (κ3) is 3.28. The van der Waals surface area contributed by atoms with Crippen molar-refractivity contribution in [3.63, 3.8) is 0 Å². The molecule has 0 unspecified atom stereocenters. The van der Waals surface area contributed by atoms with Gasteiger partial charge in [-0.2, -0.15) is 11.3 Å². The SMILES string of the molecule is CN(Cc1ccsc1)Cc1cc(F)ccc1N. The predicted octanol–water partition coefficient (Wildman–Crippen LogP) is 3.10. The van der Waals surface area contributed by atoms with Crippen molar-refractivity contribution in [2.75, 3.05) is 12.8 Å². The molecule has 0 bridgehead atoms. The summed E-state index contributed by atoms with van der Waals surface area (Å²) in [6.07, 6.45) is 0. The Morgan fingerprint density at radius 1 is 1.29 bits per heavy atom. The van der Waals surface area contributed by atoms with Crippen LogP contribution in [0.3, 0.4) is 0 Å². The van der Waals surface area contributed by atoms with Crippen LogP contribution in [-0.4, -0.2) is 11.9 Å². The molecule has 1 aromatic heterocycles. The van der Waals surface area contributed by atoms with Crippen molar-refractivity contribution in [3.8, 4) is 0 Å². The number of benzene rings is 1. The van der Waals surface area contributed by atoms with Crippen LogP contribution in [0.2, 0.25) is 0 Å². The molecule has 2 rings (SSSR count). The number of nitrogens with zero attached hydrogens (tertiary/aromatic N) is 1. The molecule has 0 amide bonds. The number of anilines is 1. The number of hydrogen-bond acceptors (Lipinski definition) is 3. The van der Waals surface area contributed by atoms with E-state index in [1.807, 2.05) is 7.05 Å². The molecule has 2 aromatic rings. The first-order valence-corrected chi connectivity index (χ1v) is 6.33. The zero-order chi connectivity index (χ0) is 12.3. The lowest BCUT2D eigenvalue weighted by Crippen LogP contribution is -2.17. The molecule has 90 valence electrons. The molecule has 17 heavy (non-hydrogen) atoms. The predicted molar refractivity (Wildman–Crippen MR) is 70.3 cm³/mol. The van der Waals surface area contributed by atoms with Gasteiger partial charge in [-0.15, -0.1) is 0 Å². The Balaban J connectivity index is 2.02. The van der Waals surface area contributed by atoms with Gasteiger partial charge in [0, 0.05) is 18.8 Å². The molecule has 0 saturated heterocycles. The smallest absolute Gasteiger partial charge is 0.123 e. The second-order valence-electron chi connectivity index (χ2n) is 4.15. The summed E-state index contributed by atoms with van der Waals surface area (Å²) in [5.41, 5.74) is 8.57. The first-order chi connectivity index (χ1) is 8.15. The van der Waals surface area contributed by atoms with E-state index in [4.69, 9.17) is 5.73 Å². The standard InChI is InChI=1S/C13H15FN2S/c1-16(7-10-4-5-17-9-10)8-11-6-12(14)2-3-13(11)15/h2-6,9H,7-8,15H2,1H3. The first-order valence-electron chi connectivity index (χ1n) is 5.38. The number of hydrogen-bond donors (Lipinski definition) is 1. The molecule has 0 saturated carbocycles. The second kappa shape index (κ2) is 5.29. The van der Waals surface area contributed by atoms with Crippen LogP contribution in [0.15, 0.2) is 35.0 Å². The molecular formula is C13H15FN2S. The fourth-order valence-corrected chi connectivity index (χ4v) is 2.41. The Kier molecular flexibility index (Phi) is 3.76. The summed E-state index contributed by atoms with van der Waals surface area (Å²) in [4.78, 5) is 2.12. The summed E-state index contributed by atoms with van der Waals surface area (Å²) < 4.78 is 13.1. The molecule has 0 aliphatic heterocycles. The second-order valence-corrected chi connectivity index (χ2v) is 4.93. The Bertz CT molecular complexity index is 482. The van der Waals surface area contributed by atoms with E-state index in [2.05, 4.69) is 21.7 Å². The van der Waals surface area contributed by atoms with E-state index in [0.29, 0.717) is 12.2 Å². The van der Waals surface area contributed by atoms with Gasteiger partial charge in [-0.25, -0.2) is 4.39 Å². The number of nitrogens with two attached hydrogens (primary N) is 1. The van der Waals surface area contributed by atoms with Gasteiger partial charge in [-0.1, -0.05) is 0 Å². The summed E-state index contributed by atoms with van der Waals surface area (Å²) in [6, 6.07) is 6.59. The van der Waals surface area contributed by atoms with Crippen molar-refractivity contribution < 1.29 is 4.39 Å². The molecule has 1 heterocycles. The van der Waals surface area contributed by atoms with Gasteiger partial charge in [0.25, 0.3) is 0 Å². The lowest BCUT2D eigenvalue weighted by molar-refractivity contribution is 0.319. The molecule has 1 aromatic carbocycles. The van der Waals surface area contributed by atoms with E-state index in [-0.39, 0.29) is 5.82 Å². The molecule has 0 atom stereocenters. The van der Waals surface area contributed by atoms with Gasteiger partial charge in [-0.05, 0) is 53.2 Å². The fourth-order valence-electron chi connectivity index (χ4n) is 1.75. The molecule has 0 fully saturated rings. The van der Waals surface area contributed by atoms with Crippen molar-refractivity contribution in [2.45, 2.75) is 13.1 Å². The van der Waals surface area contributed by atoms with E-state index >= 15 is 0 Å². The number of halogens is 1. The van der Waals surface area contributed by atoms with Gasteiger partial charge < -0.3 is 5.73 Å². The fraction of sp³-hybridized carbons (Fsp3) is 0.231. The largest absolute Gasteiger partial charge is 0.398 e. The van der Waals surface area contributed by atoms with E-state index in [0.717, 1.165) is 12.1 Å². The Morgan fingerprint density at radius 3 is 2.82 bits per heavy atom. The zero-order valence-electron chi connectivity index (χ0n) is 9.69. The minimum absolute atomic E-state index is 0.238. The number of rotatable bonds is 4. The molecule has 0 radical (unpaired) electrons. The van der Waals surface area contributed by atoms with Crippen LogP contribution in [0.4, 0.5) is 10.1 Å². The maximum absolute atomic E-state index is 13.1. The number of thiophene rings is 1.